The lowest BCUT2D eigenvalue weighted by Crippen LogP contribution is -2.45. The summed E-state index contributed by atoms with van der Waals surface area (Å²) in [5.74, 6) is -1.47. The quantitative estimate of drug-likeness (QED) is 0.557. The average Bonchev–Trinajstić information content (AvgIpc) is 2.52. The van der Waals surface area contributed by atoms with Crippen molar-refractivity contribution in [3.63, 3.8) is 0 Å². The van der Waals surface area contributed by atoms with Crippen LogP contribution in [-0.4, -0.2) is 29.6 Å². The monoisotopic (exact) mass is 220 g/mol. The van der Waals surface area contributed by atoms with E-state index in [9.17, 15) is 14.7 Å². The lowest BCUT2D eigenvalue weighted by molar-refractivity contribution is -0.156. The summed E-state index contributed by atoms with van der Waals surface area (Å²) < 4.78 is 4.46. The van der Waals surface area contributed by atoms with Crippen molar-refractivity contribution in [2.75, 3.05) is 7.11 Å². The summed E-state index contributed by atoms with van der Waals surface area (Å²) in [4.78, 5) is 23.3. The number of aliphatic hydroxyl groups is 1. The molecule has 84 valence electrons. The van der Waals surface area contributed by atoms with Gasteiger partial charge in [0.1, 0.15) is 0 Å². The number of carbonyl (C=O) groups is 2. The summed E-state index contributed by atoms with van der Waals surface area (Å²) in [6.07, 6.45) is -0.00583. The Bertz CT molecular complexity index is 478. The van der Waals surface area contributed by atoms with Crippen molar-refractivity contribution in [2.45, 2.75) is 18.9 Å². The van der Waals surface area contributed by atoms with Gasteiger partial charge in [0.25, 0.3) is 0 Å². The molecule has 1 N–H and O–H groups in total. The van der Waals surface area contributed by atoms with Crippen LogP contribution in [0.3, 0.4) is 0 Å². The molecule has 1 aliphatic rings. The number of ether oxygens (including phenoxy) is 1. The van der Waals surface area contributed by atoms with Gasteiger partial charge in [-0.25, -0.2) is 4.79 Å². The van der Waals surface area contributed by atoms with Gasteiger partial charge in [0.05, 0.1) is 7.11 Å². The number of Topliss-reactive ketones (excluding diaryl/α,β-unsaturated/α-hetero) is 1. The molecule has 1 aromatic carbocycles. The highest BCUT2D eigenvalue weighted by Crippen LogP contribution is 2.31. The average molecular weight is 220 g/mol. The fraction of sp³-hybridized carbons (Fsp3) is 0.333. The van der Waals surface area contributed by atoms with Crippen LogP contribution in [0, 0.1) is 6.92 Å². The molecule has 2 rings (SSSR count). The van der Waals surface area contributed by atoms with Crippen LogP contribution >= 0.6 is 0 Å². The Balaban J connectivity index is 2.49. The summed E-state index contributed by atoms with van der Waals surface area (Å²) in [6.45, 7) is 1.85. The second-order valence-corrected chi connectivity index (χ2v) is 4.02. The Hall–Kier alpha value is -1.68. The standard InChI is InChI=1S/C12H12O4/c1-7-3-4-8-6-12(15,11(14)16-2)10(13)9(8)5-7/h3-5,15H,6H2,1-2H3. The van der Waals surface area contributed by atoms with E-state index in [2.05, 4.69) is 4.74 Å². The minimum atomic E-state index is -2.04. The number of rotatable bonds is 1. The summed E-state index contributed by atoms with van der Waals surface area (Å²) in [7, 11) is 1.15. The molecule has 0 bridgehead atoms. The fourth-order valence-electron chi connectivity index (χ4n) is 1.97. The van der Waals surface area contributed by atoms with E-state index in [0.717, 1.165) is 12.7 Å². The van der Waals surface area contributed by atoms with Gasteiger partial charge in [0, 0.05) is 12.0 Å². The number of benzene rings is 1. The zero-order valence-electron chi connectivity index (χ0n) is 9.11. The van der Waals surface area contributed by atoms with Gasteiger partial charge in [-0.15, -0.1) is 0 Å². The number of carbonyl (C=O) groups excluding carboxylic acids is 2. The van der Waals surface area contributed by atoms with Crippen molar-refractivity contribution in [2.24, 2.45) is 0 Å². The topological polar surface area (TPSA) is 63.6 Å². The van der Waals surface area contributed by atoms with Gasteiger partial charge in [-0.2, -0.15) is 0 Å². The van der Waals surface area contributed by atoms with E-state index < -0.39 is 17.4 Å². The Morgan fingerprint density at radius 3 is 2.81 bits per heavy atom. The predicted octanol–water partition coefficient (Wildman–Crippen LogP) is 0.638. The van der Waals surface area contributed by atoms with E-state index in [-0.39, 0.29) is 6.42 Å². The SMILES string of the molecule is COC(=O)C1(O)Cc2ccc(C)cc2C1=O. The van der Waals surface area contributed by atoms with Crippen molar-refractivity contribution in [1.29, 1.82) is 0 Å². The van der Waals surface area contributed by atoms with Gasteiger partial charge < -0.3 is 9.84 Å². The highest BCUT2D eigenvalue weighted by molar-refractivity contribution is 6.18. The summed E-state index contributed by atoms with van der Waals surface area (Å²) in [6, 6.07) is 5.27. The Labute approximate surface area is 92.8 Å². The molecule has 4 nitrogen and oxygen atoms in total. The van der Waals surface area contributed by atoms with Crippen molar-refractivity contribution in [3.8, 4) is 0 Å². The Morgan fingerprint density at radius 2 is 2.19 bits per heavy atom. The third kappa shape index (κ3) is 1.34. The third-order valence-corrected chi connectivity index (χ3v) is 2.85. The zero-order chi connectivity index (χ0) is 11.9. The van der Waals surface area contributed by atoms with Crippen LogP contribution in [0.25, 0.3) is 0 Å². The molecule has 0 fully saturated rings. The molecule has 16 heavy (non-hydrogen) atoms. The predicted molar refractivity (Wildman–Crippen MR) is 56.2 cm³/mol. The number of ketones is 1. The molecule has 0 aromatic heterocycles. The van der Waals surface area contributed by atoms with E-state index in [0.29, 0.717) is 11.1 Å². The second-order valence-electron chi connectivity index (χ2n) is 4.02. The lowest BCUT2D eigenvalue weighted by atomic mass is 9.99. The van der Waals surface area contributed by atoms with Gasteiger partial charge in [-0.05, 0) is 18.6 Å². The maximum absolute atomic E-state index is 11.9. The minimum Gasteiger partial charge on any atom is -0.467 e. The molecule has 0 heterocycles. The number of aryl methyl sites for hydroxylation is 1. The normalized spacial score (nSPS) is 23.1. The van der Waals surface area contributed by atoms with Crippen LogP contribution in [-0.2, 0) is 16.0 Å². The summed E-state index contributed by atoms with van der Waals surface area (Å²) in [5.41, 5.74) is -0.0251. The highest BCUT2D eigenvalue weighted by Gasteiger charge is 2.51. The van der Waals surface area contributed by atoms with Crippen LogP contribution in [0.5, 0.6) is 0 Å². The molecule has 1 unspecified atom stereocenters. The number of methoxy groups -OCH3 is 1. The maximum Gasteiger partial charge on any atom is 0.346 e. The summed E-state index contributed by atoms with van der Waals surface area (Å²) >= 11 is 0. The van der Waals surface area contributed by atoms with Crippen LogP contribution in [0.4, 0.5) is 0 Å². The van der Waals surface area contributed by atoms with Gasteiger partial charge in [-0.1, -0.05) is 17.7 Å². The lowest BCUT2D eigenvalue weighted by Gasteiger charge is -2.16. The molecule has 0 spiro atoms. The molecular weight excluding hydrogens is 208 g/mol. The smallest absolute Gasteiger partial charge is 0.346 e. The first-order valence-corrected chi connectivity index (χ1v) is 4.94. The van der Waals surface area contributed by atoms with Crippen molar-refractivity contribution >= 4 is 11.8 Å². The van der Waals surface area contributed by atoms with Crippen LogP contribution in [0.2, 0.25) is 0 Å². The molecule has 0 radical (unpaired) electrons. The highest BCUT2D eigenvalue weighted by atomic mass is 16.5. The van der Waals surface area contributed by atoms with Crippen LogP contribution in [0.15, 0.2) is 18.2 Å². The fourth-order valence-corrected chi connectivity index (χ4v) is 1.97. The van der Waals surface area contributed by atoms with E-state index >= 15 is 0 Å². The van der Waals surface area contributed by atoms with E-state index in [1.165, 1.54) is 0 Å². The van der Waals surface area contributed by atoms with Crippen molar-refractivity contribution in [1.82, 2.24) is 0 Å². The minimum absolute atomic E-state index is 0.00583. The van der Waals surface area contributed by atoms with Crippen LogP contribution < -0.4 is 0 Å². The number of hydrogen-bond donors (Lipinski definition) is 1. The number of fused-ring (bicyclic) bond motifs is 1. The number of esters is 1. The van der Waals surface area contributed by atoms with Gasteiger partial charge in [-0.3, -0.25) is 4.79 Å². The van der Waals surface area contributed by atoms with E-state index in [1.54, 1.807) is 12.1 Å². The molecule has 1 aromatic rings. The molecule has 4 heteroatoms. The van der Waals surface area contributed by atoms with Crippen LogP contribution in [0.1, 0.15) is 21.5 Å². The van der Waals surface area contributed by atoms with Crippen molar-refractivity contribution in [3.05, 3.63) is 34.9 Å². The van der Waals surface area contributed by atoms with Gasteiger partial charge >= 0.3 is 5.97 Å². The first-order chi connectivity index (χ1) is 7.49. The second kappa shape index (κ2) is 3.42. The largest absolute Gasteiger partial charge is 0.467 e. The van der Waals surface area contributed by atoms with Gasteiger partial charge in [0.2, 0.25) is 11.4 Å². The van der Waals surface area contributed by atoms with E-state index in [4.69, 9.17) is 0 Å². The molecule has 0 saturated heterocycles. The molecule has 1 atom stereocenters. The van der Waals surface area contributed by atoms with E-state index in [1.807, 2.05) is 13.0 Å². The molecular formula is C12H12O4. The summed E-state index contributed by atoms with van der Waals surface area (Å²) in [5, 5.41) is 10.0. The van der Waals surface area contributed by atoms with Crippen molar-refractivity contribution < 1.29 is 19.4 Å². The first-order valence-electron chi connectivity index (χ1n) is 4.94. The zero-order valence-corrected chi connectivity index (χ0v) is 9.11. The molecule has 0 saturated carbocycles. The Morgan fingerprint density at radius 1 is 1.50 bits per heavy atom. The molecule has 0 amide bonds. The number of hydrogen-bond acceptors (Lipinski definition) is 4. The third-order valence-electron chi connectivity index (χ3n) is 2.85. The molecule has 1 aliphatic carbocycles. The van der Waals surface area contributed by atoms with Gasteiger partial charge in [0.15, 0.2) is 0 Å². The first kappa shape index (κ1) is 10.8. The molecule has 0 aliphatic heterocycles. The Kier molecular flexibility index (Phi) is 2.31. The maximum atomic E-state index is 11.9.